The SMILES string of the molecule is CC(C)(C)OC(=O)N1CC(C)(C(F)(F)F)c2c1cnc1c(F)c(Cl)nn21. The predicted molar refractivity (Wildman–Crippen MR) is 84.9 cm³/mol. The van der Waals surface area contributed by atoms with Crippen molar-refractivity contribution in [3.8, 4) is 0 Å². The number of hydrogen-bond donors (Lipinski definition) is 0. The average molecular weight is 395 g/mol. The van der Waals surface area contributed by atoms with Gasteiger partial charge in [0, 0.05) is 6.54 Å². The highest BCUT2D eigenvalue weighted by Crippen LogP contribution is 2.50. The van der Waals surface area contributed by atoms with E-state index >= 15 is 0 Å². The molecular formula is C15H15ClF4N4O2. The summed E-state index contributed by atoms with van der Waals surface area (Å²) in [6.45, 7) is 4.93. The molecule has 11 heteroatoms. The first-order valence-electron chi connectivity index (χ1n) is 7.57. The van der Waals surface area contributed by atoms with Crippen molar-refractivity contribution in [3.05, 3.63) is 22.9 Å². The van der Waals surface area contributed by atoms with Crippen LogP contribution in [0.4, 0.5) is 28.0 Å². The molecule has 2 aromatic heterocycles. The smallest absolute Gasteiger partial charge is 0.414 e. The van der Waals surface area contributed by atoms with E-state index in [-0.39, 0.29) is 5.69 Å². The van der Waals surface area contributed by atoms with Crippen LogP contribution in [0.5, 0.6) is 0 Å². The number of rotatable bonds is 0. The fourth-order valence-electron chi connectivity index (χ4n) is 2.82. The van der Waals surface area contributed by atoms with Gasteiger partial charge < -0.3 is 4.74 Å². The molecule has 0 aromatic carbocycles. The molecule has 0 spiro atoms. The van der Waals surface area contributed by atoms with Gasteiger partial charge in [-0.1, -0.05) is 11.6 Å². The van der Waals surface area contributed by atoms with Crippen LogP contribution in [0.2, 0.25) is 5.15 Å². The van der Waals surface area contributed by atoms with Crippen LogP contribution in [0, 0.1) is 5.82 Å². The third kappa shape index (κ3) is 2.67. The maximum Gasteiger partial charge on any atom is 0.414 e. The highest BCUT2D eigenvalue weighted by atomic mass is 35.5. The van der Waals surface area contributed by atoms with Crippen LogP contribution in [0.3, 0.4) is 0 Å². The second-order valence-electron chi connectivity index (χ2n) is 7.23. The molecule has 2 aromatic rings. The number of halogens is 5. The minimum Gasteiger partial charge on any atom is -0.443 e. The largest absolute Gasteiger partial charge is 0.443 e. The Bertz CT molecular complexity index is 906. The molecule has 0 saturated carbocycles. The molecular weight excluding hydrogens is 380 g/mol. The number of carbonyl (C=O) groups excluding carboxylic acids is 1. The third-order valence-corrected chi connectivity index (χ3v) is 4.30. The third-order valence-electron chi connectivity index (χ3n) is 4.06. The number of ether oxygens (including phenoxy) is 1. The molecule has 142 valence electrons. The van der Waals surface area contributed by atoms with Crippen molar-refractivity contribution >= 4 is 29.0 Å². The van der Waals surface area contributed by atoms with Crippen LogP contribution in [0.25, 0.3) is 5.65 Å². The summed E-state index contributed by atoms with van der Waals surface area (Å²) in [5, 5.41) is 3.02. The summed E-state index contributed by atoms with van der Waals surface area (Å²) in [6.07, 6.45) is -4.72. The summed E-state index contributed by atoms with van der Waals surface area (Å²) in [5.74, 6) is -1.03. The van der Waals surface area contributed by atoms with Crippen molar-refractivity contribution in [3.63, 3.8) is 0 Å². The topological polar surface area (TPSA) is 59.7 Å². The lowest BCUT2D eigenvalue weighted by Crippen LogP contribution is -2.46. The Hall–Kier alpha value is -2.10. The van der Waals surface area contributed by atoms with Crippen molar-refractivity contribution in [2.75, 3.05) is 11.4 Å². The van der Waals surface area contributed by atoms with Crippen molar-refractivity contribution in [1.29, 1.82) is 0 Å². The van der Waals surface area contributed by atoms with Crippen molar-refractivity contribution in [2.24, 2.45) is 0 Å². The van der Waals surface area contributed by atoms with Gasteiger partial charge in [0.05, 0.1) is 17.6 Å². The monoisotopic (exact) mass is 394 g/mol. The Morgan fingerprint density at radius 1 is 1.35 bits per heavy atom. The van der Waals surface area contributed by atoms with Gasteiger partial charge in [-0.05, 0) is 27.7 Å². The first kappa shape index (κ1) is 18.7. The molecule has 3 rings (SSSR count). The maximum atomic E-state index is 14.0. The summed E-state index contributed by atoms with van der Waals surface area (Å²) in [4.78, 5) is 17.0. The van der Waals surface area contributed by atoms with Gasteiger partial charge in [0.15, 0.2) is 10.8 Å². The number of aromatic nitrogens is 3. The highest BCUT2D eigenvalue weighted by Gasteiger charge is 2.61. The van der Waals surface area contributed by atoms with Crippen LogP contribution in [-0.4, -0.2) is 39.0 Å². The van der Waals surface area contributed by atoms with E-state index in [0.717, 1.165) is 18.0 Å². The van der Waals surface area contributed by atoms with E-state index < -0.39 is 52.1 Å². The maximum absolute atomic E-state index is 14.0. The second-order valence-corrected chi connectivity index (χ2v) is 7.59. The van der Waals surface area contributed by atoms with Crippen molar-refractivity contribution in [1.82, 2.24) is 14.6 Å². The number of hydrogen-bond acceptors (Lipinski definition) is 4. The number of carbonyl (C=O) groups is 1. The summed E-state index contributed by atoms with van der Waals surface area (Å²) < 4.78 is 61.5. The first-order valence-corrected chi connectivity index (χ1v) is 7.94. The number of fused-ring (bicyclic) bond motifs is 3. The van der Waals surface area contributed by atoms with E-state index in [1.54, 1.807) is 20.8 Å². The lowest BCUT2D eigenvalue weighted by molar-refractivity contribution is -0.181. The van der Waals surface area contributed by atoms with Crippen molar-refractivity contribution < 1.29 is 27.1 Å². The Balaban J connectivity index is 2.25. The van der Waals surface area contributed by atoms with Gasteiger partial charge in [0.2, 0.25) is 5.82 Å². The normalized spacial score (nSPS) is 20.6. The van der Waals surface area contributed by atoms with Crippen LogP contribution in [0.1, 0.15) is 33.4 Å². The molecule has 0 saturated heterocycles. The summed E-state index contributed by atoms with van der Waals surface area (Å²) >= 11 is 5.61. The van der Waals surface area contributed by atoms with Gasteiger partial charge in [-0.25, -0.2) is 14.3 Å². The summed E-state index contributed by atoms with van der Waals surface area (Å²) in [6, 6.07) is 0. The zero-order valence-electron chi connectivity index (χ0n) is 14.3. The molecule has 0 fully saturated rings. The lowest BCUT2D eigenvalue weighted by atomic mass is 9.88. The molecule has 1 atom stereocenters. The van der Waals surface area contributed by atoms with Crippen LogP contribution in [0.15, 0.2) is 6.20 Å². The minimum absolute atomic E-state index is 0.161. The molecule has 0 aliphatic carbocycles. The number of alkyl halides is 3. The quantitative estimate of drug-likeness (QED) is 0.631. The average Bonchev–Trinajstić information content (AvgIpc) is 2.94. The second kappa shape index (κ2) is 5.45. The fraction of sp³-hybridized carbons (Fsp3) is 0.533. The molecule has 3 heterocycles. The van der Waals surface area contributed by atoms with E-state index in [0.29, 0.717) is 4.52 Å². The van der Waals surface area contributed by atoms with Crippen LogP contribution in [-0.2, 0) is 10.2 Å². The molecule has 26 heavy (non-hydrogen) atoms. The number of amides is 1. The van der Waals surface area contributed by atoms with Crippen molar-refractivity contribution in [2.45, 2.75) is 44.9 Å². The van der Waals surface area contributed by atoms with Gasteiger partial charge in [0.1, 0.15) is 11.0 Å². The van der Waals surface area contributed by atoms with Crippen LogP contribution < -0.4 is 4.90 Å². The molecule has 0 N–H and O–H groups in total. The molecule has 1 unspecified atom stereocenters. The molecule has 1 amide bonds. The molecule has 0 bridgehead atoms. The number of anilines is 1. The first-order chi connectivity index (χ1) is 11.8. The van der Waals surface area contributed by atoms with Crippen LogP contribution >= 0.6 is 11.6 Å². The van der Waals surface area contributed by atoms with Gasteiger partial charge in [-0.3, -0.25) is 4.90 Å². The molecule has 1 aliphatic rings. The lowest BCUT2D eigenvalue weighted by Gasteiger charge is -2.29. The predicted octanol–water partition coefficient (Wildman–Crippen LogP) is 4.10. The number of nitrogens with zero attached hydrogens (tertiary/aromatic N) is 4. The van der Waals surface area contributed by atoms with E-state index in [9.17, 15) is 22.4 Å². The van der Waals surface area contributed by atoms with E-state index in [2.05, 4.69) is 10.1 Å². The standard InChI is InChI=1S/C15H15ClF4N4O2/c1-13(2,3)26-12(25)23-6-14(4,15(18,19)20)9-7(23)5-21-11-8(17)10(16)22-24(9)11/h5H,6H2,1-4H3. The van der Waals surface area contributed by atoms with Gasteiger partial charge in [0.25, 0.3) is 0 Å². The summed E-state index contributed by atoms with van der Waals surface area (Å²) in [7, 11) is 0. The zero-order valence-corrected chi connectivity index (χ0v) is 15.0. The molecule has 6 nitrogen and oxygen atoms in total. The van der Waals surface area contributed by atoms with Gasteiger partial charge in [-0.2, -0.15) is 22.7 Å². The molecule has 1 aliphatic heterocycles. The van der Waals surface area contributed by atoms with E-state index in [1.165, 1.54) is 0 Å². The van der Waals surface area contributed by atoms with E-state index in [4.69, 9.17) is 16.3 Å². The minimum atomic E-state index is -4.75. The van der Waals surface area contributed by atoms with Gasteiger partial charge in [-0.15, -0.1) is 0 Å². The highest BCUT2D eigenvalue weighted by molar-refractivity contribution is 6.29. The Kier molecular flexibility index (Phi) is 3.91. The molecule has 0 radical (unpaired) electrons. The zero-order chi connectivity index (χ0) is 19.7. The Morgan fingerprint density at radius 3 is 2.50 bits per heavy atom. The Labute approximate surface area is 150 Å². The fourth-order valence-corrected chi connectivity index (χ4v) is 2.98. The van der Waals surface area contributed by atoms with Gasteiger partial charge >= 0.3 is 12.3 Å². The summed E-state index contributed by atoms with van der Waals surface area (Å²) in [5.41, 5.74) is -4.46. The van der Waals surface area contributed by atoms with E-state index in [1.807, 2.05) is 0 Å². The Morgan fingerprint density at radius 2 is 1.96 bits per heavy atom.